The fraction of sp³-hybridized carbons (Fsp3) is 0.739. The van der Waals surface area contributed by atoms with E-state index in [1.807, 2.05) is 4.98 Å². The van der Waals surface area contributed by atoms with Crippen molar-refractivity contribution in [3.8, 4) is 0 Å². The fourth-order valence-corrected chi connectivity index (χ4v) is 5.60. The van der Waals surface area contributed by atoms with Crippen LogP contribution in [0.5, 0.6) is 0 Å². The molecule has 0 aliphatic heterocycles. The number of carbonyl (C=O) groups is 2. The highest BCUT2D eigenvalue weighted by Crippen LogP contribution is 2.54. The molecule has 1 aliphatic rings. The SMILES string of the molecule is CC(C)OC(=O)OCOP(=O)(N[C@@H](C)C(=O)OC(C)C)OC[C@@]1(CF)C[C@@H](n2ccc(=O)[nH]c2=O)[C@](C)(O)[C@@H]1O. The van der Waals surface area contributed by atoms with Gasteiger partial charge >= 0.3 is 25.6 Å². The molecule has 228 valence electrons. The Morgan fingerprint density at radius 3 is 2.38 bits per heavy atom. The van der Waals surface area contributed by atoms with Gasteiger partial charge in [0.1, 0.15) is 11.6 Å². The van der Waals surface area contributed by atoms with Crippen molar-refractivity contribution in [2.24, 2.45) is 5.41 Å². The topological polar surface area (TPSA) is 205 Å². The lowest BCUT2D eigenvalue weighted by molar-refractivity contribution is -0.149. The summed E-state index contributed by atoms with van der Waals surface area (Å²) in [6.45, 7) is 5.66. The Labute approximate surface area is 229 Å². The summed E-state index contributed by atoms with van der Waals surface area (Å²) in [5.41, 5.74) is -5.63. The highest BCUT2D eigenvalue weighted by Gasteiger charge is 2.61. The Bertz CT molecular complexity index is 1200. The Kier molecular flexibility index (Phi) is 11.2. The molecule has 0 radical (unpaired) electrons. The predicted molar refractivity (Wildman–Crippen MR) is 136 cm³/mol. The van der Waals surface area contributed by atoms with E-state index in [2.05, 4.69) is 5.09 Å². The molecule has 0 saturated heterocycles. The minimum Gasteiger partial charge on any atom is -0.462 e. The molecule has 1 aromatic heterocycles. The van der Waals surface area contributed by atoms with Crippen LogP contribution in [0.4, 0.5) is 9.18 Å². The summed E-state index contributed by atoms with van der Waals surface area (Å²) in [4.78, 5) is 49.8. The van der Waals surface area contributed by atoms with Crippen LogP contribution in [-0.4, -0.2) is 81.9 Å². The third kappa shape index (κ3) is 8.21. The summed E-state index contributed by atoms with van der Waals surface area (Å²) < 4.78 is 54.2. The lowest BCUT2D eigenvalue weighted by Crippen LogP contribution is -2.49. The second kappa shape index (κ2) is 13.4. The molecular weight excluding hydrogens is 560 g/mol. The molecule has 1 saturated carbocycles. The molecule has 4 N–H and O–H groups in total. The third-order valence-electron chi connectivity index (χ3n) is 6.17. The summed E-state index contributed by atoms with van der Waals surface area (Å²) in [5, 5.41) is 24.4. The summed E-state index contributed by atoms with van der Waals surface area (Å²) >= 11 is 0. The Morgan fingerprint density at radius 2 is 1.82 bits per heavy atom. The third-order valence-corrected chi connectivity index (χ3v) is 7.79. The van der Waals surface area contributed by atoms with E-state index in [9.17, 15) is 38.3 Å². The summed E-state index contributed by atoms with van der Waals surface area (Å²) in [5.74, 6) is -0.830. The number of nitrogens with zero attached hydrogens (tertiary/aromatic N) is 1. The van der Waals surface area contributed by atoms with E-state index in [1.54, 1.807) is 27.7 Å². The molecule has 1 heterocycles. The van der Waals surface area contributed by atoms with Crippen molar-refractivity contribution in [1.29, 1.82) is 0 Å². The number of nitrogens with one attached hydrogen (secondary N) is 2. The van der Waals surface area contributed by atoms with Crippen molar-refractivity contribution in [2.45, 2.75) is 84.0 Å². The molecule has 6 atom stereocenters. The van der Waals surface area contributed by atoms with Gasteiger partial charge in [0.25, 0.3) is 5.56 Å². The number of aliphatic hydroxyl groups is 2. The number of H-pyrrole nitrogens is 1. The van der Waals surface area contributed by atoms with Gasteiger partial charge in [-0.15, -0.1) is 0 Å². The number of rotatable bonds is 13. The van der Waals surface area contributed by atoms with Crippen LogP contribution in [-0.2, 0) is 32.6 Å². The summed E-state index contributed by atoms with van der Waals surface area (Å²) in [7, 11) is -4.61. The molecule has 40 heavy (non-hydrogen) atoms. The van der Waals surface area contributed by atoms with E-state index < -0.39 is 99.0 Å². The minimum absolute atomic E-state index is 0.397. The molecule has 1 aromatic rings. The van der Waals surface area contributed by atoms with E-state index in [4.69, 9.17) is 23.3 Å². The van der Waals surface area contributed by atoms with Crippen LogP contribution in [0.2, 0.25) is 0 Å². The zero-order valence-corrected chi connectivity index (χ0v) is 24.0. The average Bonchev–Trinajstić information content (AvgIpc) is 3.03. The van der Waals surface area contributed by atoms with Crippen molar-refractivity contribution in [2.75, 3.05) is 20.1 Å². The maximum Gasteiger partial charge on any atom is 0.510 e. The fourth-order valence-electron chi connectivity index (χ4n) is 4.18. The smallest absolute Gasteiger partial charge is 0.462 e. The van der Waals surface area contributed by atoms with Crippen molar-refractivity contribution < 1.29 is 52.0 Å². The van der Waals surface area contributed by atoms with Gasteiger partial charge in [0.05, 0.1) is 43.1 Å². The second-order valence-corrected chi connectivity index (χ2v) is 12.0. The van der Waals surface area contributed by atoms with Crippen molar-refractivity contribution >= 4 is 19.9 Å². The molecule has 0 aromatic carbocycles. The summed E-state index contributed by atoms with van der Waals surface area (Å²) in [6, 6.07) is -1.49. The molecule has 1 fully saturated rings. The van der Waals surface area contributed by atoms with Crippen molar-refractivity contribution in [3.05, 3.63) is 33.1 Å². The maximum atomic E-state index is 14.6. The number of hydrogen-bond donors (Lipinski definition) is 4. The Morgan fingerprint density at radius 1 is 1.20 bits per heavy atom. The molecule has 15 nitrogen and oxygen atoms in total. The molecule has 1 unspecified atom stereocenters. The lowest BCUT2D eigenvalue weighted by atomic mass is 9.84. The Hall–Kier alpha value is -2.62. The van der Waals surface area contributed by atoms with Crippen LogP contribution in [0.25, 0.3) is 0 Å². The molecule has 1 aliphatic carbocycles. The number of aliphatic hydroxyl groups excluding tert-OH is 1. The van der Waals surface area contributed by atoms with E-state index in [-0.39, 0.29) is 0 Å². The average molecular weight is 598 g/mol. The quantitative estimate of drug-likeness (QED) is 0.143. The number of aromatic amines is 1. The number of halogens is 1. The van der Waals surface area contributed by atoms with Crippen LogP contribution in [0.1, 0.15) is 54.0 Å². The van der Waals surface area contributed by atoms with Crippen molar-refractivity contribution in [1.82, 2.24) is 14.6 Å². The molecule has 0 amide bonds. The van der Waals surface area contributed by atoms with Gasteiger partial charge in [-0.25, -0.2) is 19.2 Å². The van der Waals surface area contributed by atoms with Gasteiger partial charge in [0.15, 0.2) is 0 Å². The highest BCUT2D eigenvalue weighted by molar-refractivity contribution is 7.51. The lowest BCUT2D eigenvalue weighted by Gasteiger charge is -2.34. The van der Waals surface area contributed by atoms with E-state index in [0.29, 0.717) is 0 Å². The number of aromatic nitrogens is 2. The first-order valence-electron chi connectivity index (χ1n) is 12.4. The minimum atomic E-state index is -4.61. The van der Waals surface area contributed by atoms with Crippen LogP contribution in [0.3, 0.4) is 0 Å². The van der Waals surface area contributed by atoms with Gasteiger partial charge in [0, 0.05) is 12.3 Å². The molecule has 17 heteroatoms. The number of esters is 1. The number of carbonyl (C=O) groups excluding carboxylic acids is 2. The van der Waals surface area contributed by atoms with Gasteiger partial charge in [-0.05, 0) is 48.0 Å². The van der Waals surface area contributed by atoms with Gasteiger partial charge in [-0.2, -0.15) is 0 Å². The monoisotopic (exact) mass is 597 g/mol. The van der Waals surface area contributed by atoms with Gasteiger partial charge in [-0.3, -0.25) is 32.6 Å². The van der Waals surface area contributed by atoms with Crippen LogP contribution in [0, 0.1) is 5.41 Å². The van der Waals surface area contributed by atoms with E-state index >= 15 is 0 Å². The van der Waals surface area contributed by atoms with Crippen LogP contribution in [0.15, 0.2) is 21.9 Å². The largest absolute Gasteiger partial charge is 0.510 e. The predicted octanol–water partition coefficient (Wildman–Crippen LogP) is 1.14. The van der Waals surface area contributed by atoms with Crippen LogP contribution >= 0.6 is 7.75 Å². The Balaban J connectivity index is 2.30. The van der Waals surface area contributed by atoms with Crippen LogP contribution < -0.4 is 16.3 Å². The molecule has 0 bridgehead atoms. The molecule has 2 rings (SSSR count). The highest BCUT2D eigenvalue weighted by atomic mass is 31.2. The zero-order valence-electron chi connectivity index (χ0n) is 23.1. The van der Waals surface area contributed by atoms with E-state index in [0.717, 1.165) is 16.8 Å². The standard InChI is InChI=1S/C23H37FN3O12P/c1-13(2)38-18(29)15(5)26-40(34,37-12-35-21(32)39-14(3)4)36-11-23(10-24)9-16(22(6,33)19(23)30)27-8-7-17(28)25-20(27)31/h7-8,13-16,19,30,33H,9-12H2,1-6H3,(H,26,34)(H,25,28,31)/t15-,16+,19-,22-,23-,40?/m0/s1. The second-order valence-electron chi connectivity index (χ2n) is 10.3. The number of ether oxygens (including phenoxy) is 3. The first kappa shape index (κ1) is 33.6. The van der Waals surface area contributed by atoms with Gasteiger partial charge < -0.3 is 24.4 Å². The maximum absolute atomic E-state index is 14.6. The zero-order chi connectivity index (χ0) is 30.5. The van der Waals surface area contributed by atoms with Gasteiger partial charge in [0.2, 0.25) is 6.79 Å². The van der Waals surface area contributed by atoms with Crippen molar-refractivity contribution in [3.63, 3.8) is 0 Å². The molecular formula is C23H37FN3O12P. The normalized spacial score (nSPS) is 26.9. The summed E-state index contributed by atoms with van der Waals surface area (Å²) in [6.07, 6.45) is -3.35. The number of alkyl halides is 1. The van der Waals surface area contributed by atoms with Gasteiger partial charge in [-0.1, -0.05) is 0 Å². The molecule has 0 spiro atoms. The van der Waals surface area contributed by atoms with E-state index in [1.165, 1.54) is 13.8 Å². The first-order chi connectivity index (χ1) is 18.5. The first-order valence-corrected chi connectivity index (χ1v) is 14.0. The number of hydrogen-bond acceptors (Lipinski definition) is 12.